The van der Waals surface area contributed by atoms with E-state index < -0.39 is 0 Å². The molecule has 9 nitrogen and oxygen atoms in total. The van der Waals surface area contributed by atoms with Crippen LogP contribution in [0.1, 0.15) is 16.2 Å². The van der Waals surface area contributed by atoms with Gasteiger partial charge in [0.15, 0.2) is 5.65 Å². The number of hydrogen-bond acceptors (Lipinski definition) is 6. The number of nitrogens with zero attached hydrogens (tertiary/aromatic N) is 8. The van der Waals surface area contributed by atoms with Gasteiger partial charge in [0.25, 0.3) is 5.91 Å². The molecule has 4 aromatic heterocycles. The molecule has 0 radical (unpaired) electrons. The lowest BCUT2D eigenvalue weighted by Gasteiger charge is -2.44. The first kappa shape index (κ1) is 15.7. The average Bonchev–Trinajstić information content (AvgIpc) is 3.22. The number of aromatic nitrogens is 6. The quantitative estimate of drug-likeness (QED) is 0.541. The highest BCUT2D eigenvalue weighted by atomic mass is 16.2. The van der Waals surface area contributed by atoms with E-state index in [1.54, 1.807) is 15.7 Å². The minimum atomic E-state index is -0.0157. The van der Waals surface area contributed by atoms with Crippen LogP contribution in [0.3, 0.4) is 0 Å². The topological polar surface area (TPSA) is 83.9 Å². The van der Waals surface area contributed by atoms with Crippen LogP contribution in [-0.4, -0.2) is 66.2 Å². The molecule has 0 N–H and O–H groups in total. The van der Waals surface area contributed by atoms with Gasteiger partial charge in [0.05, 0.1) is 11.7 Å². The number of likely N-dealkylation sites (N-methyl/N-ethyl adjacent to an activating group) is 1. The summed E-state index contributed by atoms with van der Waals surface area (Å²) in [6, 6.07) is 9.67. The Morgan fingerprint density at radius 2 is 2.04 bits per heavy atom. The van der Waals surface area contributed by atoms with E-state index in [2.05, 4.69) is 25.2 Å². The second-order valence-corrected chi connectivity index (χ2v) is 6.77. The van der Waals surface area contributed by atoms with Crippen LogP contribution >= 0.6 is 0 Å². The molecule has 0 saturated carbocycles. The van der Waals surface area contributed by atoms with E-state index in [0.717, 1.165) is 30.2 Å². The zero-order valence-corrected chi connectivity index (χ0v) is 15.0. The number of amides is 1. The van der Waals surface area contributed by atoms with Crippen molar-refractivity contribution in [1.82, 2.24) is 34.1 Å². The van der Waals surface area contributed by atoms with Gasteiger partial charge in [-0.05, 0) is 31.2 Å². The van der Waals surface area contributed by atoms with Crippen LogP contribution < -0.4 is 4.90 Å². The Hall–Kier alpha value is -3.49. The lowest BCUT2D eigenvalue weighted by atomic mass is 10.1. The van der Waals surface area contributed by atoms with Crippen molar-refractivity contribution in [3.8, 4) is 0 Å². The molecule has 27 heavy (non-hydrogen) atoms. The van der Waals surface area contributed by atoms with Gasteiger partial charge >= 0.3 is 0 Å². The van der Waals surface area contributed by atoms with E-state index in [9.17, 15) is 4.79 Å². The van der Waals surface area contributed by atoms with E-state index in [-0.39, 0.29) is 11.9 Å². The monoisotopic (exact) mass is 362 g/mol. The summed E-state index contributed by atoms with van der Waals surface area (Å²) in [7, 11) is 1.85. The predicted octanol–water partition coefficient (Wildman–Crippen LogP) is 1.04. The van der Waals surface area contributed by atoms with Crippen molar-refractivity contribution >= 4 is 23.0 Å². The van der Waals surface area contributed by atoms with Gasteiger partial charge in [-0.1, -0.05) is 6.07 Å². The molecule has 136 valence electrons. The summed E-state index contributed by atoms with van der Waals surface area (Å²) >= 11 is 0. The van der Waals surface area contributed by atoms with Crippen LogP contribution in [-0.2, 0) is 0 Å². The third-order valence-electron chi connectivity index (χ3n) is 5.11. The largest absolute Gasteiger partial charge is 0.351 e. The maximum absolute atomic E-state index is 13.1. The summed E-state index contributed by atoms with van der Waals surface area (Å²) in [5, 5.41) is 12.3. The Bertz CT molecular complexity index is 1160. The van der Waals surface area contributed by atoms with Gasteiger partial charge in [-0.2, -0.15) is 4.52 Å². The van der Waals surface area contributed by atoms with Gasteiger partial charge < -0.3 is 9.80 Å². The maximum atomic E-state index is 13.1. The highest BCUT2D eigenvalue weighted by Crippen LogP contribution is 2.23. The van der Waals surface area contributed by atoms with Crippen molar-refractivity contribution in [3.05, 3.63) is 54.2 Å². The zero-order valence-electron chi connectivity index (χ0n) is 15.0. The lowest BCUT2D eigenvalue weighted by Crippen LogP contribution is -2.60. The van der Waals surface area contributed by atoms with Gasteiger partial charge in [-0.3, -0.25) is 9.20 Å². The van der Waals surface area contributed by atoms with Gasteiger partial charge in [-0.25, -0.2) is 4.98 Å². The molecular formula is C18H18N8O. The number of imidazole rings is 1. The fourth-order valence-corrected chi connectivity index (χ4v) is 3.48. The normalized spacial score (nSPS) is 14.7. The number of anilines is 1. The summed E-state index contributed by atoms with van der Waals surface area (Å²) in [4.78, 5) is 21.5. The third-order valence-corrected chi connectivity index (χ3v) is 5.11. The number of hydrogen-bond donors (Lipinski definition) is 0. The van der Waals surface area contributed by atoms with Crippen molar-refractivity contribution < 1.29 is 4.79 Å². The number of rotatable bonds is 3. The van der Waals surface area contributed by atoms with Crippen molar-refractivity contribution in [2.75, 3.05) is 25.0 Å². The highest BCUT2D eigenvalue weighted by Gasteiger charge is 2.35. The van der Waals surface area contributed by atoms with Crippen LogP contribution in [0.2, 0.25) is 0 Å². The molecule has 0 bridgehead atoms. The van der Waals surface area contributed by atoms with Crippen molar-refractivity contribution in [2.45, 2.75) is 13.0 Å². The van der Waals surface area contributed by atoms with E-state index in [0.29, 0.717) is 11.3 Å². The molecule has 0 atom stereocenters. The first-order chi connectivity index (χ1) is 13.1. The van der Waals surface area contributed by atoms with Crippen LogP contribution in [0, 0.1) is 6.92 Å². The Kier molecular flexibility index (Phi) is 3.36. The van der Waals surface area contributed by atoms with Gasteiger partial charge in [0.2, 0.25) is 0 Å². The number of carbonyl (C=O) groups is 1. The van der Waals surface area contributed by atoms with E-state index in [1.165, 1.54) is 0 Å². The SMILES string of the molecule is Cc1nc2ccccn2c1C(=O)N(C)C1CN(c2ccc3nncn3n2)C1. The van der Waals surface area contributed by atoms with Crippen LogP contribution in [0.4, 0.5) is 5.82 Å². The summed E-state index contributed by atoms with van der Waals surface area (Å²) in [6.45, 7) is 3.34. The second kappa shape index (κ2) is 5.76. The van der Waals surface area contributed by atoms with E-state index in [4.69, 9.17) is 0 Å². The molecule has 9 heteroatoms. The molecule has 1 amide bonds. The molecule has 1 aliphatic heterocycles. The third kappa shape index (κ3) is 2.42. The number of aryl methyl sites for hydroxylation is 1. The molecule has 1 fully saturated rings. The summed E-state index contributed by atoms with van der Waals surface area (Å²) in [5.41, 5.74) is 2.86. The molecule has 0 spiro atoms. The van der Waals surface area contributed by atoms with E-state index in [1.807, 2.05) is 54.9 Å². The standard InChI is InChI=1S/C18H18N8O/c1-12-17(25-8-4-3-5-14(25)20-12)18(27)23(2)13-9-24(10-13)16-7-6-15-21-19-11-26(15)22-16/h3-8,11,13H,9-10H2,1-2H3. The molecule has 0 aromatic carbocycles. The number of carbonyl (C=O) groups excluding carboxylic acids is 1. The van der Waals surface area contributed by atoms with Crippen molar-refractivity contribution in [1.29, 1.82) is 0 Å². The maximum Gasteiger partial charge on any atom is 0.272 e. The smallest absolute Gasteiger partial charge is 0.272 e. The summed E-state index contributed by atoms with van der Waals surface area (Å²) in [5.74, 6) is 0.837. The summed E-state index contributed by atoms with van der Waals surface area (Å²) in [6.07, 6.45) is 3.46. The molecule has 5 heterocycles. The fraction of sp³-hybridized carbons (Fsp3) is 0.278. The minimum Gasteiger partial charge on any atom is -0.351 e. The van der Waals surface area contributed by atoms with E-state index >= 15 is 0 Å². The lowest BCUT2D eigenvalue weighted by molar-refractivity contribution is 0.0697. The molecule has 4 aromatic rings. The Morgan fingerprint density at radius 3 is 2.89 bits per heavy atom. The van der Waals surface area contributed by atoms with Crippen molar-refractivity contribution in [2.24, 2.45) is 0 Å². The fourth-order valence-electron chi connectivity index (χ4n) is 3.48. The van der Waals surface area contributed by atoms with Gasteiger partial charge in [0.1, 0.15) is 23.5 Å². The van der Waals surface area contributed by atoms with Gasteiger partial charge in [-0.15, -0.1) is 15.3 Å². The average molecular weight is 362 g/mol. The Labute approximate surface area is 154 Å². The molecule has 5 rings (SSSR count). The first-order valence-corrected chi connectivity index (χ1v) is 8.74. The van der Waals surface area contributed by atoms with Gasteiger partial charge in [0, 0.05) is 26.3 Å². The highest BCUT2D eigenvalue weighted by molar-refractivity contribution is 5.95. The Morgan fingerprint density at radius 1 is 1.19 bits per heavy atom. The second-order valence-electron chi connectivity index (χ2n) is 6.77. The molecule has 0 aliphatic carbocycles. The van der Waals surface area contributed by atoms with Crippen LogP contribution in [0.5, 0.6) is 0 Å². The first-order valence-electron chi connectivity index (χ1n) is 8.74. The molecule has 1 saturated heterocycles. The number of fused-ring (bicyclic) bond motifs is 2. The molecule has 1 aliphatic rings. The number of pyridine rings is 1. The molecule has 0 unspecified atom stereocenters. The minimum absolute atomic E-state index is 0.0157. The van der Waals surface area contributed by atoms with Crippen molar-refractivity contribution in [3.63, 3.8) is 0 Å². The van der Waals surface area contributed by atoms with Crippen LogP contribution in [0.15, 0.2) is 42.9 Å². The zero-order chi connectivity index (χ0) is 18.5. The summed E-state index contributed by atoms with van der Waals surface area (Å²) < 4.78 is 3.51. The predicted molar refractivity (Wildman–Crippen MR) is 98.8 cm³/mol. The van der Waals surface area contributed by atoms with Crippen LogP contribution in [0.25, 0.3) is 11.3 Å². The molecular weight excluding hydrogens is 344 g/mol. The Balaban J connectivity index is 1.34.